The highest BCUT2D eigenvalue weighted by atomic mass is 79.9. The fourth-order valence-electron chi connectivity index (χ4n) is 2.10. The van der Waals surface area contributed by atoms with Crippen molar-refractivity contribution in [3.63, 3.8) is 0 Å². The summed E-state index contributed by atoms with van der Waals surface area (Å²) in [5.74, 6) is 6.21. The summed E-state index contributed by atoms with van der Waals surface area (Å²) in [6, 6.07) is 7.89. The monoisotopic (exact) mass is 320 g/mol. The van der Waals surface area contributed by atoms with Crippen LogP contribution in [0.3, 0.4) is 0 Å². The summed E-state index contributed by atoms with van der Waals surface area (Å²) in [7, 11) is 0. The lowest BCUT2D eigenvalue weighted by molar-refractivity contribution is 0.633. The number of nitrogens with zero attached hydrogens (tertiary/aromatic N) is 1. The van der Waals surface area contributed by atoms with E-state index in [-0.39, 0.29) is 6.04 Å². The Hall–Kier alpha value is -1.43. The first-order chi connectivity index (χ1) is 9.04. The number of rotatable bonds is 3. The molecule has 0 aliphatic carbocycles. The van der Waals surface area contributed by atoms with Crippen LogP contribution >= 0.6 is 15.9 Å². The molecule has 0 saturated heterocycles. The Labute approximate surface area is 121 Å². The van der Waals surface area contributed by atoms with Gasteiger partial charge in [-0.15, -0.1) is 0 Å². The molecule has 0 aliphatic heterocycles. The number of nitrogen functional groups attached to an aromatic ring is 1. The minimum Gasteiger partial charge on any atom is -0.383 e. The molecule has 5 heteroatoms. The molecule has 1 atom stereocenters. The molecular weight excluding hydrogens is 304 g/mol. The van der Waals surface area contributed by atoms with Crippen molar-refractivity contribution >= 4 is 21.7 Å². The Balaban J connectivity index is 2.53. The third-order valence-electron chi connectivity index (χ3n) is 3.22. The first-order valence-corrected chi connectivity index (χ1v) is 6.77. The summed E-state index contributed by atoms with van der Waals surface area (Å²) in [6.07, 6.45) is 1.70. The average molecular weight is 321 g/mol. The van der Waals surface area contributed by atoms with Crippen LogP contribution in [-0.4, -0.2) is 4.98 Å². The maximum atomic E-state index is 5.98. The Morgan fingerprint density at radius 1 is 1.21 bits per heavy atom. The summed E-state index contributed by atoms with van der Waals surface area (Å²) < 4.78 is 1.05. The highest BCUT2D eigenvalue weighted by molar-refractivity contribution is 9.10. The number of hydrazine groups is 1. The van der Waals surface area contributed by atoms with Gasteiger partial charge in [0, 0.05) is 16.2 Å². The van der Waals surface area contributed by atoms with Gasteiger partial charge in [0.05, 0.1) is 6.04 Å². The van der Waals surface area contributed by atoms with Crippen molar-refractivity contribution in [2.75, 3.05) is 5.73 Å². The molecule has 1 heterocycles. The van der Waals surface area contributed by atoms with E-state index in [0.29, 0.717) is 5.82 Å². The van der Waals surface area contributed by atoms with Crippen molar-refractivity contribution in [2.24, 2.45) is 5.84 Å². The van der Waals surface area contributed by atoms with E-state index in [2.05, 4.69) is 26.3 Å². The van der Waals surface area contributed by atoms with Crippen molar-refractivity contribution < 1.29 is 0 Å². The largest absolute Gasteiger partial charge is 0.383 e. The molecule has 0 saturated carbocycles. The molecule has 1 aromatic heterocycles. The maximum Gasteiger partial charge on any atom is 0.128 e. The zero-order valence-corrected chi connectivity index (χ0v) is 12.5. The molecule has 0 aliphatic rings. The molecule has 5 N–H and O–H groups in total. The molecule has 1 aromatic carbocycles. The van der Waals surface area contributed by atoms with Gasteiger partial charge in [-0.2, -0.15) is 0 Å². The van der Waals surface area contributed by atoms with Crippen LogP contribution in [0.4, 0.5) is 5.82 Å². The van der Waals surface area contributed by atoms with Crippen molar-refractivity contribution in [3.05, 3.63) is 57.2 Å². The number of anilines is 1. The van der Waals surface area contributed by atoms with Crippen LogP contribution in [0.2, 0.25) is 0 Å². The number of nitrogens with one attached hydrogen (secondary N) is 1. The van der Waals surface area contributed by atoms with Gasteiger partial charge in [0.25, 0.3) is 0 Å². The fraction of sp³-hybridized carbons (Fsp3) is 0.214. The van der Waals surface area contributed by atoms with E-state index < -0.39 is 0 Å². The molecule has 2 rings (SSSR count). The van der Waals surface area contributed by atoms with E-state index in [1.807, 2.05) is 38.1 Å². The number of hydrogen-bond donors (Lipinski definition) is 3. The van der Waals surface area contributed by atoms with Crippen LogP contribution in [0.5, 0.6) is 0 Å². The number of nitrogens with two attached hydrogens (primary N) is 2. The fourth-order valence-corrected chi connectivity index (χ4v) is 2.50. The minimum atomic E-state index is -0.175. The molecule has 0 bridgehead atoms. The highest BCUT2D eigenvalue weighted by Crippen LogP contribution is 2.30. The number of halogens is 1. The molecule has 4 nitrogen and oxygen atoms in total. The number of aryl methyl sites for hydroxylation is 2. The van der Waals surface area contributed by atoms with Gasteiger partial charge >= 0.3 is 0 Å². The normalized spacial score (nSPS) is 12.4. The van der Waals surface area contributed by atoms with Crippen molar-refractivity contribution in [3.8, 4) is 0 Å². The van der Waals surface area contributed by atoms with Gasteiger partial charge < -0.3 is 5.73 Å². The van der Waals surface area contributed by atoms with Gasteiger partial charge in [-0.05, 0) is 42.7 Å². The van der Waals surface area contributed by atoms with Gasteiger partial charge in [-0.3, -0.25) is 5.84 Å². The van der Waals surface area contributed by atoms with Crippen LogP contribution in [-0.2, 0) is 0 Å². The Morgan fingerprint density at radius 3 is 2.53 bits per heavy atom. The zero-order chi connectivity index (χ0) is 14.0. The lowest BCUT2D eigenvalue weighted by Crippen LogP contribution is -2.30. The summed E-state index contributed by atoms with van der Waals surface area (Å²) >= 11 is 3.54. The van der Waals surface area contributed by atoms with Crippen LogP contribution < -0.4 is 17.0 Å². The molecule has 19 heavy (non-hydrogen) atoms. The second-order valence-electron chi connectivity index (χ2n) is 4.54. The number of hydrogen-bond acceptors (Lipinski definition) is 4. The second-order valence-corrected chi connectivity index (χ2v) is 5.39. The standard InChI is InChI=1S/C14H17BrN4/c1-8-3-4-10(7-11(8)15)13(19-17)12-9(2)5-6-18-14(12)16/h3-7,13,19H,17H2,1-2H3,(H2,16,18). The summed E-state index contributed by atoms with van der Waals surface area (Å²) in [5, 5.41) is 0. The molecule has 0 fully saturated rings. The predicted octanol–water partition coefficient (Wildman–Crippen LogP) is 2.60. The van der Waals surface area contributed by atoms with E-state index in [1.165, 1.54) is 5.56 Å². The lowest BCUT2D eigenvalue weighted by Gasteiger charge is -2.20. The Morgan fingerprint density at radius 2 is 1.95 bits per heavy atom. The van der Waals surface area contributed by atoms with E-state index >= 15 is 0 Å². The Kier molecular flexibility index (Phi) is 4.19. The second kappa shape index (κ2) is 5.69. The topological polar surface area (TPSA) is 77.0 Å². The van der Waals surface area contributed by atoms with Crippen molar-refractivity contribution in [1.82, 2.24) is 10.4 Å². The third-order valence-corrected chi connectivity index (χ3v) is 4.08. The quantitative estimate of drug-likeness (QED) is 0.600. The summed E-state index contributed by atoms with van der Waals surface area (Å²) in [5.41, 5.74) is 13.0. The van der Waals surface area contributed by atoms with Gasteiger partial charge in [0.2, 0.25) is 0 Å². The van der Waals surface area contributed by atoms with Gasteiger partial charge in [-0.25, -0.2) is 10.4 Å². The van der Waals surface area contributed by atoms with Gasteiger partial charge in [0.1, 0.15) is 5.82 Å². The molecule has 2 aromatic rings. The molecule has 0 amide bonds. The van der Waals surface area contributed by atoms with Gasteiger partial charge in [0.15, 0.2) is 0 Å². The van der Waals surface area contributed by atoms with Gasteiger partial charge in [-0.1, -0.05) is 28.1 Å². The first kappa shape index (κ1) is 14.0. The third kappa shape index (κ3) is 2.78. The molecule has 0 radical (unpaired) electrons. The molecule has 100 valence electrons. The molecular formula is C14H17BrN4. The van der Waals surface area contributed by atoms with Crippen LogP contribution in [0.15, 0.2) is 34.9 Å². The molecule has 1 unspecified atom stereocenters. The van der Waals surface area contributed by atoms with Crippen LogP contribution in [0, 0.1) is 13.8 Å². The summed E-state index contributed by atoms with van der Waals surface area (Å²) in [6.45, 7) is 4.05. The van der Waals surface area contributed by atoms with Crippen molar-refractivity contribution in [2.45, 2.75) is 19.9 Å². The van der Waals surface area contributed by atoms with E-state index in [1.54, 1.807) is 6.20 Å². The molecule has 0 spiro atoms. The number of pyridine rings is 1. The predicted molar refractivity (Wildman–Crippen MR) is 81.4 cm³/mol. The van der Waals surface area contributed by atoms with E-state index in [9.17, 15) is 0 Å². The van der Waals surface area contributed by atoms with E-state index in [0.717, 1.165) is 21.2 Å². The van der Waals surface area contributed by atoms with E-state index in [4.69, 9.17) is 11.6 Å². The lowest BCUT2D eigenvalue weighted by atomic mass is 9.95. The van der Waals surface area contributed by atoms with Crippen LogP contribution in [0.25, 0.3) is 0 Å². The Bertz CT molecular complexity index is 578. The number of aromatic nitrogens is 1. The SMILES string of the molecule is Cc1ccc(C(NN)c2c(C)ccnc2N)cc1Br. The minimum absolute atomic E-state index is 0.175. The maximum absolute atomic E-state index is 5.98. The highest BCUT2D eigenvalue weighted by Gasteiger charge is 2.18. The van der Waals surface area contributed by atoms with Crippen molar-refractivity contribution in [1.29, 1.82) is 0 Å². The number of benzene rings is 1. The first-order valence-electron chi connectivity index (χ1n) is 5.97. The average Bonchev–Trinajstić information content (AvgIpc) is 2.37. The summed E-state index contributed by atoms with van der Waals surface area (Å²) in [4.78, 5) is 4.14. The zero-order valence-electron chi connectivity index (χ0n) is 10.9. The van der Waals surface area contributed by atoms with Crippen LogP contribution in [0.1, 0.15) is 28.3 Å². The smallest absolute Gasteiger partial charge is 0.128 e.